The SMILES string of the molecule is CCCCCCCCCCCCNCCc1n[nH]nc1Cc1ccccc1. The lowest BCUT2D eigenvalue weighted by Gasteiger charge is -2.05. The fraction of sp³-hybridized carbons (Fsp3) is 0.652. The lowest BCUT2D eigenvalue weighted by molar-refractivity contribution is 0.543. The van der Waals surface area contributed by atoms with Crippen LogP contribution in [0, 0.1) is 0 Å². The molecule has 0 aliphatic carbocycles. The van der Waals surface area contributed by atoms with Crippen molar-refractivity contribution in [2.75, 3.05) is 13.1 Å². The average Bonchev–Trinajstić information content (AvgIpc) is 3.13. The summed E-state index contributed by atoms with van der Waals surface area (Å²) in [6, 6.07) is 10.5. The summed E-state index contributed by atoms with van der Waals surface area (Å²) in [6.45, 7) is 4.37. The van der Waals surface area contributed by atoms with E-state index in [4.69, 9.17) is 0 Å². The van der Waals surface area contributed by atoms with Crippen LogP contribution in [0.5, 0.6) is 0 Å². The van der Waals surface area contributed by atoms with E-state index in [1.54, 1.807) is 0 Å². The van der Waals surface area contributed by atoms with Gasteiger partial charge in [-0.1, -0.05) is 95.0 Å². The molecule has 2 N–H and O–H groups in total. The van der Waals surface area contributed by atoms with Crippen molar-refractivity contribution in [1.82, 2.24) is 20.7 Å². The zero-order valence-corrected chi connectivity index (χ0v) is 17.2. The molecular weight excluding hydrogens is 332 g/mol. The molecule has 2 aromatic rings. The van der Waals surface area contributed by atoms with Crippen LogP contribution in [0.15, 0.2) is 30.3 Å². The highest BCUT2D eigenvalue weighted by molar-refractivity contribution is 5.23. The van der Waals surface area contributed by atoms with Crippen molar-refractivity contribution in [3.63, 3.8) is 0 Å². The number of hydrogen-bond acceptors (Lipinski definition) is 3. The van der Waals surface area contributed by atoms with Crippen molar-refractivity contribution >= 4 is 0 Å². The van der Waals surface area contributed by atoms with Crippen molar-refractivity contribution in [3.05, 3.63) is 47.3 Å². The van der Waals surface area contributed by atoms with Crippen LogP contribution in [0.4, 0.5) is 0 Å². The highest BCUT2D eigenvalue weighted by Gasteiger charge is 2.08. The molecule has 4 heteroatoms. The summed E-state index contributed by atoms with van der Waals surface area (Å²) in [5, 5.41) is 15.0. The van der Waals surface area contributed by atoms with Crippen LogP contribution in [0.2, 0.25) is 0 Å². The molecule has 0 unspecified atom stereocenters. The Labute approximate surface area is 165 Å². The minimum atomic E-state index is 0.852. The monoisotopic (exact) mass is 370 g/mol. The molecule has 0 atom stereocenters. The molecule has 0 saturated heterocycles. The number of rotatable bonds is 16. The number of nitrogens with zero attached hydrogens (tertiary/aromatic N) is 2. The lowest BCUT2D eigenvalue weighted by atomic mass is 10.1. The van der Waals surface area contributed by atoms with Crippen LogP contribution in [-0.4, -0.2) is 28.5 Å². The minimum absolute atomic E-state index is 0.852. The summed E-state index contributed by atoms with van der Waals surface area (Å²) in [7, 11) is 0. The van der Waals surface area contributed by atoms with E-state index in [0.29, 0.717) is 0 Å². The Morgan fingerprint density at radius 2 is 1.37 bits per heavy atom. The molecule has 0 amide bonds. The lowest BCUT2D eigenvalue weighted by Crippen LogP contribution is -2.19. The first-order valence-electron chi connectivity index (χ1n) is 11.0. The third kappa shape index (κ3) is 9.71. The molecule has 1 aromatic carbocycles. The van der Waals surface area contributed by atoms with Gasteiger partial charge in [0.05, 0.1) is 11.4 Å². The normalized spacial score (nSPS) is 11.1. The topological polar surface area (TPSA) is 53.6 Å². The van der Waals surface area contributed by atoms with E-state index in [-0.39, 0.29) is 0 Å². The van der Waals surface area contributed by atoms with Gasteiger partial charge in [-0.25, -0.2) is 0 Å². The van der Waals surface area contributed by atoms with Gasteiger partial charge in [0, 0.05) is 19.4 Å². The van der Waals surface area contributed by atoms with E-state index in [9.17, 15) is 0 Å². The van der Waals surface area contributed by atoms with Crippen molar-refractivity contribution in [3.8, 4) is 0 Å². The third-order valence-electron chi connectivity index (χ3n) is 5.16. The highest BCUT2D eigenvalue weighted by atomic mass is 15.3. The van der Waals surface area contributed by atoms with Crippen LogP contribution in [0.25, 0.3) is 0 Å². The molecule has 27 heavy (non-hydrogen) atoms. The van der Waals surface area contributed by atoms with E-state index in [0.717, 1.165) is 37.3 Å². The number of hydrogen-bond donors (Lipinski definition) is 2. The first-order chi connectivity index (χ1) is 13.4. The van der Waals surface area contributed by atoms with E-state index >= 15 is 0 Å². The molecule has 0 aliphatic rings. The highest BCUT2D eigenvalue weighted by Crippen LogP contribution is 2.11. The summed E-state index contributed by atoms with van der Waals surface area (Å²) < 4.78 is 0. The number of benzene rings is 1. The van der Waals surface area contributed by atoms with Gasteiger partial charge in [-0.3, -0.25) is 0 Å². The standard InChI is InChI=1S/C23H38N4/c1-2-3-4-5-6-7-8-9-10-14-18-24-19-17-22-23(26-27-25-22)20-21-15-12-11-13-16-21/h11-13,15-16,24H,2-10,14,17-20H2,1H3,(H,25,26,27). The van der Waals surface area contributed by atoms with Gasteiger partial charge in [-0.2, -0.15) is 15.4 Å². The third-order valence-corrected chi connectivity index (χ3v) is 5.16. The van der Waals surface area contributed by atoms with Crippen molar-refractivity contribution < 1.29 is 0 Å². The summed E-state index contributed by atoms with van der Waals surface area (Å²) >= 11 is 0. The maximum atomic E-state index is 4.33. The number of aromatic nitrogens is 3. The fourth-order valence-electron chi connectivity index (χ4n) is 3.47. The number of H-pyrrole nitrogens is 1. The van der Waals surface area contributed by atoms with Gasteiger partial charge in [-0.15, -0.1) is 0 Å². The Bertz CT molecular complexity index is 579. The van der Waals surface area contributed by atoms with E-state index in [1.807, 2.05) is 6.07 Å². The molecule has 150 valence electrons. The summed E-state index contributed by atoms with van der Waals surface area (Å²) in [6.07, 6.45) is 15.7. The van der Waals surface area contributed by atoms with Gasteiger partial charge in [-0.05, 0) is 18.5 Å². The number of aromatic amines is 1. The first-order valence-corrected chi connectivity index (χ1v) is 11.0. The summed E-state index contributed by atoms with van der Waals surface area (Å²) in [5.74, 6) is 0. The minimum Gasteiger partial charge on any atom is -0.316 e. The second-order valence-electron chi connectivity index (χ2n) is 7.56. The zero-order chi connectivity index (χ0) is 19.0. The molecule has 0 bridgehead atoms. The molecule has 0 fully saturated rings. The predicted octanol–water partition coefficient (Wildman–Crippen LogP) is 5.45. The molecular formula is C23H38N4. The van der Waals surface area contributed by atoms with Crippen LogP contribution in [-0.2, 0) is 12.8 Å². The number of unbranched alkanes of at least 4 members (excludes halogenated alkanes) is 9. The second kappa shape index (κ2) is 14.4. The van der Waals surface area contributed by atoms with E-state index in [1.165, 1.54) is 69.8 Å². The zero-order valence-electron chi connectivity index (χ0n) is 17.2. The van der Waals surface area contributed by atoms with Gasteiger partial charge in [0.25, 0.3) is 0 Å². The van der Waals surface area contributed by atoms with Gasteiger partial charge in [0.1, 0.15) is 0 Å². The van der Waals surface area contributed by atoms with Crippen LogP contribution in [0.1, 0.15) is 88.1 Å². The molecule has 0 saturated carbocycles. The van der Waals surface area contributed by atoms with Gasteiger partial charge in [0.2, 0.25) is 0 Å². The maximum Gasteiger partial charge on any atom is 0.0900 e. The molecule has 0 aliphatic heterocycles. The average molecular weight is 371 g/mol. The molecule has 0 radical (unpaired) electrons. The smallest absolute Gasteiger partial charge is 0.0900 e. The summed E-state index contributed by atoms with van der Waals surface area (Å²) in [5.41, 5.74) is 3.45. The first kappa shape index (κ1) is 21.6. The maximum absolute atomic E-state index is 4.33. The van der Waals surface area contributed by atoms with E-state index in [2.05, 4.69) is 51.9 Å². The summed E-state index contributed by atoms with van der Waals surface area (Å²) in [4.78, 5) is 0. The second-order valence-corrected chi connectivity index (χ2v) is 7.56. The van der Waals surface area contributed by atoms with Crippen molar-refractivity contribution in [2.24, 2.45) is 0 Å². The molecule has 4 nitrogen and oxygen atoms in total. The number of nitrogens with one attached hydrogen (secondary N) is 2. The quantitative estimate of drug-likeness (QED) is 0.386. The fourth-order valence-corrected chi connectivity index (χ4v) is 3.47. The van der Waals surface area contributed by atoms with Crippen LogP contribution >= 0.6 is 0 Å². The van der Waals surface area contributed by atoms with Crippen LogP contribution < -0.4 is 5.32 Å². The van der Waals surface area contributed by atoms with Crippen molar-refractivity contribution in [2.45, 2.75) is 84.0 Å². The largest absolute Gasteiger partial charge is 0.316 e. The molecule has 1 aromatic heterocycles. The Kier molecular flexibility index (Phi) is 11.5. The Morgan fingerprint density at radius 3 is 2.07 bits per heavy atom. The Hall–Kier alpha value is -1.68. The molecule has 0 spiro atoms. The van der Waals surface area contributed by atoms with Crippen molar-refractivity contribution in [1.29, 1.82) is 0 Å². The predicted molar refractivity (Wildman–Crippen MR) is 114 cm³/mol. The molecule has 1 heterocycles. The van der Waals surface area contributed by atoms with Crippen LogP contribution in [0.3, 0.4) is 0 Å². The Balaban J connectivity index is 1.45. The van der Waals surface area contributed by atoms with E-state index < -0.39 is 0 Å². The van der Waals surface area contributed by atoms with Gasteiger partial charge >= 0.3 is 0 Å². The van der Waals surface area contributed by atoms with Gasteiger partial charge in [0.15, 0.2) is 0 Å². The van der Waals surface area contributed by atoms with Gasteiger partial charge < -0.3 is 5.32 Å². The Morgan fingerprint density at radius 1 is 0.741 bits per heavy atom. The molecule has 2 rings (SSSR count).